The van der Waals surface area contributed by atoms with Gasteiger partial charge in [0.1, 0.15) is 11.9 Å². The quantitative estimate of drug-likeness (QED) is 0.590. The number of likely N-dealkylation sites (tertiary alicyclic amines) is 1. The smallest absolute Gasteiger partial charge is 0.410 e. The van der Waals surface area contributed by atoms with E-state index in [1.807, 2.05) is 26.8 Å². The molecule has 1 aromatic carbocycles. The van der Waals surface area contributed by atoms with Crippen molar-refractivity contribution in [3.8, 4) is 6.07 Å². The molecule has 1 heterocycles. The third-order valence-electron chi connectivity index (χ3n) is 4.10. The number of nitrogens with two attached hydrogens (primary N) is 1. The van der Waals surface area contributed by atoms with Gasteiger partial charge in [-0.2, -0.15) is 5.26 Å². The Morgan fingerprint density at radius 2 is 2.24 bits per heavy atom. The maximum atomic E-state index is 12.1. The fraction of sp³-hybridized carbons (Fsp3) is 0.450. The third-order valence-corrected chi connectivity index (χ3v) is 4.10. The average molecular weight is 400 g/mol. The molecule has 3 N–H and O–H groups in total. The van der Waals surface area contributed by atoms with Crippen LogP contribution in [0.5, 0.6) is 0 Å². The summed E-state index contributed by atoms with van der Waals surface area (Å²) in [5, 5.41) is 11.6. The maximum Gasteiger partial charge on any atom is 0.410 e. The molecule has 9 nitrogen and oxygen atoms in total. The lowest BCUT2D eigenvalue weighted by molar-refractivity contribution is -0.115. The number of ether oxygens (including phenoxy) is 1. The first-order valence-electron chi connectivity index (χ1n) is 9.30. The van der Waals surface area contributed by atoms with Crippen molar-refractivity contribution < 1.29 is 15.8 Å². The number of hydrogen-bond acceptors (Lipinski definition) is 5. The molecule has 1 aromatic rings. The van der Waals surface area contributed by atoms with Crippen LogP contribution in [-0.2, 0) is 9.53 Å². The number of aliphatic imine (C=N–C) groups is 2. The number of nitriles is 1. The highest BCUT2D eigenvalue weighted by Gasteiger charge is 2.29. The second-order valence-corrected chi connectivity index (χ2v) is 7.71. The van der Waals surface area contributed by atoms with Crippen LogP contribution in [0.25, 0.3) is 0 Å². The van der Waals surface area contributed by atoms with E-state index < -0.39 is 11.5 Å². The molecule has 0 saturated carbocycles. The number of carbonyl (C=O) groups is 2. The SMILES string of the molecule is CC(C)(C)OC(=O)N1CC[C@H](CNC(=O)C(N)=NC=Nc2cccc(C#N)c2)C1.[HH]. The second kappa shape index (κ2) is 9.68. The Morgan fingerprint density at radius 3 is 2.93 bits per heavy atom. The molecular formula is C20H28N6O3. The normalized spacial score (nSPS) is 17.2. The third kappa shape index (κ3) is 7.25. The Hall–Kier alpha value is -3.41. The summed E-state index contributed by atoms with van der Waals surface area (Å²) in [7, 11) is 0. The summed E-state index contributed by atoms with van der Waals surface area (Å²) in [5.41, 5.74) is 6.16. The molecule has 156 valence electrons. The van der Waals surface area contributed by atoms with E-state index >= 15 is 0 Å². The van der Waals surface area contributed by atoms with Gasteiger partial charge in [0.15, 0.2) is 5.84 Å². The highest BCUT2D eigenvalue weighted by atomic mass is 16.6. The van der Waals surface area contributed by atoms with Gasteiger partial charge in [0.25, 0.3) is 5.91 Å². The summed E-state index contributed by atoms with van der Waals surface area (Å²) >= 11 is 0. The molecule has 1 fully saturated rings. The number of nitrogens with one attached hydrogen (secondary N) is 1. The lowest BCUT2D eigenvalue weighted by atomic mass is 10.1. The van der Waals surface area contributed by atoms with Crippen LogP contribution < -0.4 is 11.1 Å². The first kappa shape index (κ1) is 21.9. The van der Waals surface area contributed by atoms with E-state index in [1.54, 1.807) is 29.2 Å². The van der Waals surface area contributed by atoms with Crippen LogP contribution in [0.4, 0.5) is 10.5 Å². The number of benzene rings is 1. The standard InChI is InChI=1S/C20H26N6O3.H2/c1-20(2,3)29-19(28)26-8-7-15(12-26)11-23-18(27)17(22)25-13-24-16-6-4-5-14(9-16)10-21;/h4-6,9,13,15H,7-8,11-12H2,1-3H3,(H,23,27)(H2,22,24,25);1H/t15-;/m1./s1. The second-order valence-electron chi connectivity index (χ2n) is 7.71. The minimum absolute atomic E-state index is 0. The molecule has 1 saturated heterocycles. The van der Waals surface area contributed by atoms with E-state index in [2.05, 4.69) is 15.3 Å². The van der Waals surface area contributed by atoms with Crippen LogP contribution in [0.2, 0.25) is 0 Å². The summed E-state index contributed by atoms with van der Waals surface area (Å²) in [6, 6.07) is 8.69. The summed E-state index contributed by atoms with van der Waals surface area (Å²) in [5.74, 6) is -0.591. The molecule has 29 heavy (non-hydrogen) atoms. The van der Waals surface area contributed by atoms with E-state index in [4.69, 9.17) is 15.7 Å². The number of rotatable bonds is 4. The Bertz CT molecular complexity index is 857. The van der Waals surface area contributed by atoms with Gasteiger partial charge in [0.05, 0.1) is 17.3 Å². The van der Waals surface area contributed by atoms with Gasteiger partial charge in [-0.05, 0) is 51.3 Å². The van der Waals surface area contributed by atoms with Gasteiger partial charge in [-0.25, -0.2) is 14.8 Å². The molecule has 0 bridgehead atoms. The predicted octanol–water partition coefficient (Wildman–Crippen LogP) is 2.19. The number of hydrogen-bond donors (Lipinski definition) is 2. The van der Waals surface area contributed by atoms with Gasteiger partial charge in [0, 0.05) is 21.1 Å². The molecule has 0 aliphatic carbocycles. The summed E-state index contributed by atoms with van der Waals surface area (Å²) < 4.78 is 5.36. The molecular weight excluding hydrogens is 372 g/mol. The Kier molecular flexibility index (Phi) is 7.31. The van der Waals surface area contributed by atoms with Crippen molar-refractivity contribution in [2.45, 2.75) is 32.8 Å². The minimum atomic E-state index is -0.536. The molecule has 0 aromatic heterocycles. The summed E-state index contributed by atoms with van der Waals surface area (Å²) in [6.45, 7) is 6.96. The fourth-order valence-electron chi connectivity index (χ4n) is 2.69. The van der Waals surface area contributed by atoms with Crippen molar-refractivity contribution in [2.24, 2.45) is 21.6 Å². The molecule has 1 atom stereocenters. The highest BCUT2D eigenvalue weighted by molar-refractivity contribution is 6.38. The largest absolute Gasteiger partial charge is 0.444 e. The Morgan fingerprint density at radius 1 is 1.48 bits per heavy atom. The van der Waals surface area contributed by atoms with Crippen molar-refractivity contribution in [3.05, 3.63) is 29.8 Å². The molecule has 0 spiro atoms. The van der Waals surface area contributed by atoms with Gasteiger partial charge in [-0.1, -0.05) is 6.07 Å². The monoisotopic (exact) mass is 400 g/mol. The zero-order chi connectivity index (χ0) is 21.4. The number of amides is 2. The lowest BCUT2D eigenvalue weighted by Gasteiger charge is -2.24. The van der Waals surface area contributed by atoms with Crippen molar-refractivity contribution in [1.82, 2.24) is 10.2 Å². The molecule has 0 radical (unpaired) electrons. The van der Waals surface area contributed by atoms with E-state index in [9.17, 15) is 9.59 Å². The van der Waals surface area contributed by atoms with Crippen molar-refractivity contribution in [1.29, 1.82) is 5.26 Å². The number of amidine groups is 1. The molecule has 9 heteroatoms. The van der Waals surface area contributed by atoms with Crippen LogP contribution in [0.3, 0.4) is 0 Å². The molecule has 1 aliphatic heterocycles. The van der Waals surface area contributed by atoms with Crippen molar-refractivity contribution >= 4 is 29.9 Å². The van der Waals surface area contributed by atoms with Crippen LogP contribution in [0, 0.1) is 17.2 Å². The fourth-order valence-corrected chi connectivity index (χ4v) is 2.69. The van der Waals surface area contributed by atoms with Gasteiger partial charge >= 0.3 is 6.09 Å². The Labute approximate surface area is 171 Å². The lowest BCUT2D eigenvalue weighted by Crippen LogP contribution is -2.40. The average Bonchev–Trinajstić information content (AvgIpc) is 3.14. The van der Waals surface area contributed by atoms with Crippen molar-refractivity contribution in [2.75, 3.05) is 19.6 Å². The van der Waals surface area contributed by atoms with Crippen LogP contribution in [0.1, 0.15) is 34.2 Å². The molecule has 0 unspecified atom stereocenters. The van der Waals surface area contributed by atoms with E-state index in [0.29, 0.717) is 30.9 Å². The molecule has 1 aliphatic rings. The van der Waals surface area contributed by atoms with Gasteiger partial charge in [0.2, 0.25) is 0 Å². The zero-order valence-corrected chi connectivity index (χ0v) is 16.9. The van der Waals surface area contributed by atoms with Gasteiger partial charge in [-0.15, -0.1) is 0 Å². The van der Waals surface area contributed by atoms with Gasteiger partial charge < -0.3 is 20.7 Å². The first-order chi connectivity index (χ1) is 13.7. The first-order valence-corrected chi connectivity index (χ1v) is 9.30. The highest BCUT2D eigenvalue weighted by Crippen LogP contribution is 2.19. The van der Waals surface area contributed by atoms with E-state index in [1.165, 1.54) is 6.34 Å². The molecule has 2 rings (SSSR count). The predicted molar refractivity (Wildman–Crippen MR) is 112 cm³/mol. The maximum absolute atomic E-state index is 12.1. The van der Waals surface area contributed by atoms with Crippen molar-refractivity contribution in [3.63, 3.8) is 0 Å². The number of nitrogens with zero attached hydrogens (tertiary/aromatic N) is 4. The van der Waals surface area contributed by atoms with Crippen LogP contribution in [-0.4, -0.2) is 54.3 Å². The summed E-state index contributed by atoms with van der Waals surface area (Å²) in [6.07, 6.45) is 1.60. The topological polar surface area (TPSA) is 133 Å². The Balaban J connectivity index is 0.00000450. The van der Waals surface area contributed by atoms with Gasteiger partial charge in [-0.3, -0.25) is 4.79 Å². The number of carbonyl (C=O) groups excluding carboxylic acids is 2. The van der Waals surface area contributed by atoms with E-state index in [-0.39, 0.29) is 19.3 Å². The summed E-state index contributed by atoms with van der Waals surface area (Å²) in [4.78, 5) is 33.7. The molecule has 2 amide bonds. The van der Waals surface area contributed by atoms with Crippen LogP contribution in [0.15, 0.2) is 34.3 Å². The van der Waals surface area contributed by atoms with E-state index in [0.717, 1.165) is 6.42 Å². The minimum Gasteiger partial charge on any atom is -0.444 e. The van der Waals surface area contributed by atoms with Crippen LogP contribution >= 0.6 is 0 Å². The zero-order valence-electron chi connectivity index (χ0n) is 16.9.